The van der Waals surface area contributed by atoms with Gasteiger partial charge in [0, 0.05) is 12.2 Å². The Morgan fingerprint density at radius 2 is 1.06 bits per heavy atom. The quantitative estimate of drug-likeness (QED) is 0.503. The SMILES string of the molecule is O=C(O)C=CC(=O)O.O=C1C=CC(=O)C=C1. The summed E-state index contributed by atoms with van der Waals surface area (Å²) in [5.41, 5.74) is 0. The monoisotopic (exact) mass is 224 g/mol. The Labute approximate surface area is 90.2 Å². The van der Waals surface area contributed by atoms with Crippen LogP contribution in [-0.2, 0) is 19.2 Å². The third kappa shape index (κ3) is 8.11. The molecule has 1 aliphatic carbocycles. The number of ketones is 2. The molecule has 1 aliphatic rings. The maximum absolute atomic E-state index is 10.3. The average molecular weight is 224 g/mol. The van der Waals surface area contributed by atoms with Gasteiger partial charge in [-0.3, -0.25) is 9.59 Å². The first-order valence-corrected chi connectivity index (χ1v) is 4.00. The van der Waals surface area contributed by atoms with Crippen LogP contribution in [0.2, 0.25) is 0 Å². The van der Waals surface area contributed by atoms with Crippen LogP contribution >= 0.6 is 0 Å². The fourth-order valence-corrected chi connectivity index (χ4v) is 0.582. The molecule has 0 saturated heterocycles. The Bertz CT molecular complexity index is 343. The normalized spacial score (nSPS) is 13.5. The van der Waals surface area contributed by atoms with Gasteiger partial charge in [-0.05, 0) is 24.3 Å². The number of hydrogen-bond acceptors (Lipinski definition) is 4. The van der Waals surface area contributed by atoms with Gasteiger partial charge in [0.1, 0.15) is 0 Å². The summed E-state index contributed by atoms with van der Waals surface area (Å²) >= 11 is 0. The molecule has 0 radical (unpaired) electrons. The number of carboxylic acid groups (broad SMARTS) is 2. The number of aliphatic carboxylic acids is 2. The molecule has 2 N–H and O–H groups in total. The highest BCUT2D eigenvalue weighted by Gasteiger charge is 1.97. The number of hydrogen-bond donors (Lipinski definition) is 2. The Balaban J connectivity index is 0.000000281. The van der Waals surface area contributed by atoms with Crippen LogP contribution in [0.4, 0.5) is 0 Å². The van der Waals surface area contributed by atoms with Gasteiger partial charge in [-0.15, -0.1) is 0 Å². The molecule has 0 fully saturated rings. The molecular formula is C10H8O6. The van der Waals surface area contributed by atoms with Crippen LogP contribution in [-0.4, -0.2) is 33.7 Å². The average Bonchev–Trinajstić information content (AvgIpc) is 2.20. The standard InChI is InChI=1S/C6H4O2.C4H4O4/c7-5-1-2-6(8)4-3-5;5-3(6)1-2-4(7)8/h1-4H;1-2H,(H,5,6)(H,7,8). The second-order valence-electron chi connectivity index (χ2n) is 2.48. The lowest BCUT2D eigenvalue weighted by Crippen LogP contribution is -1.97. The lowest BCUT2D eigenvalue weighted by atomic mass is 10.2. The van der Waals surface area contributed by atoms with E-state index < -0.39 is 11.9 Å². The summed E-state index contributed by atoms with van der Waals surface area (Å²) in [6.45, 7) is 0. The second kappa shape index (κ2) is 6.88. The van der Waals surface area contributed by atoms with Crippen LogP contribution in [0, 0.1) is 0 Å². The zero-order valence-electron chi connectivity index (χ0n) is 7.99. The molecule has 0 unspecified atom stereocenters. The molecule has 0 bridgehead atoms. The van der Waals surface area contributed by atoms with E-state index in [4.69, 9.17) is 10.2 Å². The molecule has 0 aromatic rings. The molecule has 0 heterocycles. The van der Waals surface area contributed by atoms with Crippen molar-refractivity contribution in [1.82, 2.24) is 0 Å². The zero-order valence-corrected chi connectivity index (χ0v) is 7.99. The van der Waals surface area contributed by atoms with E-state index in [9.17, 15) is 19.2 Å². The minimum atomic E-state index is -1.26. The van der Waals surface area contributed by atoms with Crippen LogP contribution < -0.4 is 0 Å². The fraction of sp³-hybridized carbons (Fsp3) is 0. The predicted molar refractivity (Wildman–Crippen MR) is 52.7 cm³/mol. The molecular weight excluding hydrogens is 216 g/mol. The maximum atomic E-state index is 10.3. The van der Waals surface area contributed by atoms with E-state index in [-0.39, 0.29) is 11.6 Å². The van der Waals surface area contributed by atoms with Crippen LogP contribution in [0.25, 0.3) is 0 Å². The van der Waals surface area contributed by atoms with Gasteiger partial charge in [0.05, 0.1) is 0 Å². The molecule has 6 heteroatoms. The van der Waals surface area contributed by atoms with E-state index in [0.717, 1.165) is 0 Å². The Morgan fingerprint density at radius 3 is 1.25 bits per heavy atom. The van der Waals surface area contributed by atoms with Crippen molar-refractivity contribution >= 4 is 23.5 Å². The number of carboxylic acids is 2. The number of carbonyl (C=O) groups excluding carboxylic acids is 2. The van der Waals surface area contributed by atoms with E-state index in [2.05, 4.69) is 0 Å². The van der Waals surface area contributed by atoms with Crippen molar-refractivity contribution in [1.29, 1.82) is 0 Å². The zero-order chi connectivity index (χ0) is 12.6. The second-order valence-corrected chi connectivity index (χ2v) is 2.48. The molecule has 0 amide bonds. The highest BCUT2D eigenvalue weighted by atomic mass is 16.4. The molecule has 0 spiro atoms. The maximum Gasteiger partial charge on any atom is 0.328 e. The molecule has 0 atom stereocenters. The topological polar surface area (TPSA) is 109 Å². The molecule has 0 aliphatic heterocycles. The van der Waals surface area contributed by atoms with E-state index in [1.165, 1.54) is 24.3 Å². The van der Waals surface area contributed by atoms with Crippen molar-refractivity contribution in [3.8, 4) is 0 Å². The molecule has 0 aromatic heterocycles. The van der Waals surface area contributed by atoms with Gasteiger partial charge in [0.2, 0.25) is 0 Å². The summed E-state index contributed by atoms with van der Waals surface area (Å²) in [4.78, 5) is 39.7. The minimum Gasteiger partial charge on any atom is -0.478 e. The Hall–Kier alpha value is -2.50. The van der Waals surface area contributed by atoms with E-state index in [1.807, 2.05) is 0 Å². The van der Waals surface area contributed by atoms with Crippen LogP contribution in [0.15, 0.2) is 36.5 Å². The van der Waals surface area contributed by atoms with Crippen molar-refractivity contribution < 1.29 is 29.4 Å². The number of rotatable bonds is 2. The first-order valence-electron chi connectivity index (χ1n) is 4.00. The van der Waals surface area contributed by atoms with Crippen LogP contribution in [0.3, 0.4) is 0 Å². The Morgan fingerprint density at radius 1 is 0.812 bits per heavy atom. The molecule has 0 aromatic carbocycles. The van der Waals surface area contributed by atoms with Gasteiger partial charge in [0.25, 0.3) is 0 Å². The van der Waals surface area contributed by atoms with Crippen molar-refractivity contribution in [2.24, 2.45) is 0 Å². The minimum absolute atomic E-state index is 0.121. The molecule has 16 heavy (non-hydrogen) atoms. The van der Waals surface area contributed by atoms with Gasteiger partial charge >= 0.3 is 11.9 Å². The van der Waals surface area contributed by atoms with Gasteiger partial charge < -0.3 is 10.2 Å². The fourth-order valence-electron chi connectivity index (χ4n) is 0.582. The smallest absolute Gasteiger partial charge is 0.328 e. The highest BCUT2D eigenvalue weighted by molar-refractivity contribution is 6.14. The third-order valence-electron chi connectivity index (χ3n) is 1.19. The van der Waals surface area contributed by atoms with Crippen molar-refractivity contribution in [3.05, 3.63) is 36.5 Å². The van der Waals surface area contributed by atoms with Crippen LogP contribution in [0.5, 0.6) is 0 Å². The summed E-state index contributed by atoms with van der Waals surface area (Å²) in [6.07, 6.45) is 6.12. The summed E-state index contributed by atoms with van der Waals surface area (Å²) in [7, 11) is 0. The molecule has 0 saturated carbocycles. The summed E-state index contributed by atoms with van der Waals surface area (Å²) in [5, 5.41) is 15.6. The lowest BCUT2D eigenvalue weighted by Gasteiger charge is -1.87. The lowest BCUT2D eigenvalue weighted by molar-refractivity contribution is -0.134. The first kappa shape index (κ1) is 13.5. The summed E-state index contributed by atoms with van der Waals surface area (Å²) < 4.78 is 0. The number of carbonyl (C=O) groups is 4. The summed E-state index contributed by atoms with van der Waals surface area (Å²) in [6, 6.07) is 0. The highest BCUT2D eigenvalue weighted by Crippen LogP contribution is 1.90. The van der Waals surface area contributed by atoms with Crippen molar-refractivity contribution in [2.45, 2.75) is 0 Å². The van der Waals surface area contributed by atoms with E-state index >= 15 is 0 Å². The Kier molecular flexibility index (Phi) is 5.81. The van der Waals surface area contributed by atoms with Gasteiger partial charge in [-0.25, -0.2) is 9.59 Å². The summed E-state index contributed by atoms with van der Waals surface area (Å²) in [5.74, 6) is -2.76. The third-order valence-corrected chi connectivity index (χ3v) is 1.19. The van der Waals surface area contributed by atoms with E-state index in [0.29, 0.717) is 12.2 Å². The predicted octanol–water partition coefficient (Wildman–Crippen LogP) is -0.0376. The van der Waals surface area contributed by atoms with Gasteiger partial charge in [-0.2, -0.15) is 0 Å². The van der Waals surface area contributed by atoms with Crippen molar-refractivity contribution in [3.63, 3.8) is 0 Å². The molecule has 6 nitrogen and oxygen atoms in total. The first-order chi connectivity index (χ1) is 7.41. The van der Waals surface area contributed by atoms with Crippen molar-refractivity contribution in [2.75, 3.05) is 0 Å². The number of allylic oxidation sites excluding steroid dienone is 4. The van der Waals surface area contributed by atoms with Gasteiger partial charge in [0.15, 0.2) is 11.6 Å². The molecule has 84 valence electrons. The largest absolute Gasteiger partial charge is 0.478 e. The molecule has 1 rings (SSSR count). The van der Waals surface area contributed by atoms with E-state index in [1.54, 1.807) is 0 Å². The van der Waals surface area contributed by atoms with Gasteiger partial charge in [-0.1, -0.05) is 0 Å². The van der Waals surface area contributed by atoms with Crippen LogP contribution in [0.1, 0.15) is 0 Å².